The molecule has 1 aliphatic carbocycles. The summed E-state index contributed by atoms with van der Waals surface area (Å²) >= 11 is 1.58. The SMILES string of the molecule is CSc1nc(Nc2ccc3c(c2)CCN(C2CC2)C3)cc(N2CCN(c3ncccn3)CC2)n1. The van der Waals surface area contributed by atoms with Crippen LogP contribution < -0.4 is 15.1 Å². The molecule has 8 nitrogen and oxygen atoms in total. The van der Waals surface area contributed by atoms with Gasteiger partial charge in [-0.2, -0.15) is 0 Å². The predicted molar refractivity (Wildman–Crippen MR) is 137 cm³/mol. The number of rotatable bonds is 6. The highest BCUT2D eigenvalue weighted by Gasteiger charge is 2.31. The number of benzene rings is 1. The van der Waals surface area contributed by atoms with Gasteiger partial charge >= 0.3 is 0 Å². The molecule has 1 N–H and O–H groups in total. The van der Waals surface area contributed by atoms with E-state index in [0.717, 1.165) is 73.6 Å². The van der Waals surface area contributed by atoms with Crippen molar-refractivity contribution in [2.45, 2.75) is 37.0 Å². The van der Waals surface area contributed by atoms with Crippen molar-refractivity contribution in [1.82, 2.24) is 24.8 Å². The van der Waals surface area contributed by atoms with Crippen molar-refractivity contribution in [2.75, 3.05) is 54.1 Å². The van der Waals surface area contributed by atoms with E-state index in [4.69, 9.17) is 9.97 Å². The standard InChI is InChI=1S/C25H30N8S/c1-34-25-29-22(28-20-4-3-19-17-33(21-5-6-21)10-7-18(19)15-20)16-23(30-25)31-11-13-32(14-12-31)24-26-8-2-9-27-24/h2-4,8-9,15-16,21H,5-7,10-14,17H2,1H3,(H,28,29,30). The molecule has 3 aliphatic rings. The van der Waals surface area contributed by atoms with E-state index < -0.39 is 0 Å². The van der Waals surface area contributed by atoms with Crippen LogP contribution in [0.25, 0.3) is 0 Å². The maximum atomic E-state index is 4.80. The Morgan fingerprint density at radius 1 is 0.912 bits per heavy atom. The Morgan fingerprint density at radius 3 is 2.47 bits per heavy atom. The van der Waals surface area contributed by atoms with Crippen LogP contribution in [0.5, 0.6) is 0 Å². The van der Waals surface area contributed by atoms with Gasteiger partial charge in [0, 0.05) is 69.5 Å². The molecule has 0 amide bonds. The quantitative estimate of drug-likeness (QED) is 0.426. The molecule has 2 fully saturated rings. The molecule has 176 valence electrons. The number of piperazine rings is 1. The molecule has 4 heterocycles. The normalized spacial score (nSPS) is 18.6. The summed E-state index contributed by atoms with van der Waals surface area (Å²) in [5.41, 5.74) is 4.03. The zero-order chi connectivity index (χ0) is 22.9. The predicted octanol–water partition coefficient (Wildman–Crippen LogP) is 3.58. The molecule has 1 aromatic carbocycles. The van der Waals surface area contributed by atoms with Crippen molar-refractivity contribution in [3.63, 3.8) is 0 Å². The Kier molecular flexibility index (Phi) is 5.97. The van der Waals surface area contributed by atoms with Gasteiger partial charge in [-0.1, -0.05) is 17.8 Å². The van der Waals surface area contributed by atoms with Crippen LogP contribution in [0.15, 0.2) is 47.9 Å². The largest absolute Gasteiger partial charge is 0.353 e. The molecule has 9 heteroatoms. The zero-order valence-electron chi connectivity index (χ0n) is 19.5. The minimum atomic E-state index is 0.784. The van der Waals surface area contributed by atoms with Gasteiger partial charge in [-0.25, -0.2) is 19.9 Å². The first-order chi connectivity index (χ1) is 16.7. The Balaban J connectivity index is 1.16. The highest BCUT2D eigenvalue weighted by atomic mass is 32.2. The lowest BCUT2D eigenvalue weighted by Gasteiger charge is -2.35. The fourth-order valence-corrected chi connectivity index (χ4v) is 5.25. The third-order valence-electron chi connectivity index (χ3n) is 6.90. The van der Waals surface area contributed by atoms with Gasteiger partial charge in [0.05, 0.1) is 0 Å². The van der Waals surface area contributed by atoms with Crippen LogP contribution in [0.1, 0.15) is 24.0 Å². The summed E-state index contributed by atoms with van der Waals surface area (Å²) in [5.74, 6) is 2.61. The van der Waals surface area contributed by atoms with Gasteiger partial charge < -0.3 is 15.1 Å². The van der Waals surface area contributed by atoms with Crippen molar-refractivity contribution in [1.29, 1.82) is 0 Å². The van der Waals surface area contributed by atoms with E-state index in [0.29, 0.717) is 0 Å². The van der Waals surface area contributed by atoms with E-state index in [9.17, 15) is 0 Å². The molecule has 6 rings (SSSR count). The third-order valence-corrected chi connectivity index (χ3v) is 7.44. The van der Waals surface area contributed by atoms with Crippen LogP contribution in [0.3, 0.4) is 0 Å². The monoisotopic (exact) mass is 474 g/mol. The topological polar surface area (TPSA) is 73.3 Å². The second-order valence-corrected chi connectivity index (χ2v) is 9.95. The van der Waals surface area contributed by atoms with Crippen LogP contribution >= 0.6 is 11.8 Å². The number of anilines is 4. The molecule has 2 aliphatic heterocycles. The highest BCUT2D eigenvalue weighted by molar-refractivity contribution is 7.98. The molecule has 0 atom stereocenters. The van der Waals surface area contributed by atoms with Gasteiger partial charge in [-0.05, 0) is 54.8 Å². The zero-order valence-corrected chi connectivity index (χ0v) is 20.3. The van der Waals surface area contributed by atoms with Crippen molar-refractivity contribution >= 4 is 35.0 Å². The number of aromatic nitrogens is 4. The Bertz CT molecular complexity index is 1140. The molecule has 1 saturated heterocycles. The van der Waals surface area contributed by atoms with E-state index in [1.807, 2.05) is 12.3 Å². The summed E-state index contributed by atoms with van der Waals surface area (Å²) in [6.45, 7) is 5.75. The van der Waals surface area contributed by atoms with Gasteiger partial charge in [0.1, 0.15) is 11.6 Å². The average molecular weight is 475 g/mol. The summed E-state index contributed by atoms with van der Waals surface area (Å²) in [5, 5.41) is 4.34. The molecular formula is C25H30N8S. The van der Waals surface area contributed by atoms with Crippen molar-refractivity contribution in [3.05, 3.63) is 53.9 Å². The second kappa shape index (κ2) is 9.38. The lowest BCUT2D eigenvalue weighted by Crippen LogP contribution is -2.47. The van der Waals surface area contributed by atoms with Gasteiger partial charge in [-0.15, -0.1) is 0 Å². The molecule has 0 spiro atoms. The van der Waals surface area contributed by atoms with Gasteiger partial charge in [0.15, 0.2) is 5.16 Å². The maximum absolute atomic E-state index is 4.80. The molecule has 3 aromatic rings. The van der Waals surface area contributed by atoms with Gasteiger partial charge in [0.2, 0.25) is 5.95 Å². The minimum absolute atomic E-state index is 0.784. The highest BCUT2D eigenvalue weighted by Crippen LogP contribution is 2.33. The average Bonchev–Trinajstić information content (AvgIpc) is 3.74. The van der Waals surface area contributed by atoms with Gasteiger partial charge in [0.25, 0.3) is 0 Å². The van der Waals surface area contributed by atoms with Crippen molar-refractivity contribution in [3.8, 4) is 0 Å². The number of nitrogens with one attached hydrogen (secondary N) is 1. The van der Waals surface area contributed by atoms with Gasteiger partial charge in [-0.3, -0.25) is 4.90 Å². The molecule has 0 unspecified atom stereocenters. The first kappa shape index (κ1) is 21.6. The fourth-order valence-electron chi connectivity index (χ4n) is 4.87. The van der Waals surface area contributed by atoms with Crippen LogP contribution in [-0.2, 0) is 13.0 Å². The second-order valence-electron chi connectivity index (χ2n) is 9.18. The number of thioether (sulfide) groups is 1. The Morgan fingerprint density at radius 2 is 1.71 bits per heavy atom. The first-order valence-corrected chi connectivity index (χ1v) is 13.3. The van der Waals surface area contributed by atoms with Crippen LogP contribution in [0.2, 0.25) is 0 Å². The van der Waals surface area contributed by atoms with Crippen LogP contribution in [0.4, 0.5) is 23.3 Å². The summed E-state index contributed by atoms with van der Waals surface area (Å²) in [4.78, 5) is 25.5. The van der Waals surface area contributed by atoms with Crippen molar-refractivity contribution < 1.29 is 0 Å². The minimum Gasteiger partial charge on any atom is -0.353 e. The van der Waals surface area contributed by atoms with E-state index in [1.165, 1.54) is 30.5 Å². The van der Waals surface area contributed by atoms with E-state index >= 15 is 0 Å². The molecule has 34 heavy (non-hydrogen) atoms. The summed E-state index contributed by atoms with van der Waals surface area (Å²) in [7, 11) is 0. The molecule has 2 aromatic heterocycles. The van der Waals surface area contributed by atoms with E-state index in [1.54, 1.807) is 24.2 Å². The van der Waals surface area contributed by atoms with E-state index in [2.05, 4.69) is 54.2 Å². The fraction of sp³-hybridized carbons (Fsp3) is 0.440. The number of hydrogen-bond acceptors (Lipinski definition) is 9. The Hall–Kier alpha value is -2.91. The number of fused-ring (bicyclic) bond motifs is 1. The van der Waals surface area contributed by atoms with Crippen LogP contribution in [0, 0.1) is 0 Å². The van der Waals surface area contributed by atoms with E-state index in [-0.39, 0.29) is 0 Å². The molecular weight excluding hydrogens is 444 g/mol. The summed E-state index contributed by atoms with van der Waals surface area (Å²) in [6, 6.07) is 11.5. The maximum Gasteiger partial charge on any atom is 0.225 e. The summed E-state index contributed by atoms with van der Waals surface area (Å²) in [6.07, 6.45) is 9.49. The number of nitrogens with zero attached hydrogens (tertiary/aromatic N) is 7. The first-order valence-electron chi connectivity index (χ1n) is 12.1. The van der Waals surface area contributed by atoms with Crippen molar-refractivity contribution in [2.24, 2.45) is 0 Å². The molecule has 0 radical (unpaired) electrons. The van der Waals surface area contributed by atoms with Crippen LogP contribution in [-0.4, -0.2) is 69.9 Å². The number of hydrogen-bond donors (Lipinski definition) is 1. The summed E-state index contributed by atoms with van der Waals surface area (Å²) < 4.78 is 0. The third kappa shape index (κ3) is 4.67. The lowest BCUT2D eigenvalue weighted by atomic mass is 9.99. The molecule has 1 saturated carbocycles. The Labute approximate surface area is 204 Å². The lowest BCUT2D eigenvalue weighted by molar-refractivity contribution is 0.244. The molecule has 0 bridgehead atoms. The smallest absolute Gasteiger partial charge is 0.225 e.